The average Bonchev–Trinajstić information content (AvgIpc) is 2.87. The zero-order chi connectivity index (χ0) is 16.3. The molecule has 0 saturated carbocycles. The van der Waals surface area contributed by atoms with Crippen molar-refractivity contribution in [3.05, 3.63) is 52.1 Å². The molecule has 0 bridgehead atoms. The van der Waals surface area contributed by atoms with Gasteiger partial charge in [0.2, 0.25) is 5.76 Å². The summed E-state index contributed by atoms with van der Waals surface area (Å²) in [6.45, 7) is 1.64. The zero-order valence-corrected chi connectivity index (χ0v) is 12.2. The first kappa shape index (κ1) is 16.0. The van der Waals surface area contributed by atoms with Crippen LogP contribution in [0, 0.1) is 12.7 Å². The second-order valence-electron chi connectivity index (χ2n) is 4.63. The second-order valence-corrected chi connectivity index (χ2v) is 5.04. The highest BCUT2D eigenvalue weighted by Crippen LogP contribution is 2.23. The number of amides is 1. The number of carbonyl (C=O) groups excluding carboxylic acids is 1. The molecule has 0 unspecified atom stereocenters. The average molecular weight is 327 g/mol. The van der Waals surface area contributed by atoms with Crippen molar-refractivity contribution in [1.82, 2.24) is 10.5 Å². The molecule has 116 valence electrons. The first-order chi connectivity index (χ1) is 10.4. The summed E-state index contributed by atoms with van der Waals surface area (Å²) in [5.74, 6) is -2.53. The minimum atomic E-state index is -1.14. The maximum atomic E-state index is 13.5. The maximum absolute atomic E-state index is 13.5. The highest BCUT2D eigenvalue weighted by molar-refractivity contribution is 6.30. The molecule has 1 aromatic carbocycles. The third-order valence-electron chi connectivity index (χ3n) is 2.88. The molecule has 0 aliphatic heterocycles. The van der Waals surface area contributed by atoms with Crippen LogP contribution in [-0.2, 0) is 4.79 Å². The van der Waals surface area contributed by atoms with Gasteiger partial charge in [-0.3, -0.25) is 9.59 Å². The first-order valence-corrected chi connectivity index (χ1v) is 6.65. The van der Waals surface area contributed by atoms with Crippen molar-refractivity contribution in [2.45, 2.75) is 19.4 Å². The molecule has 8 heteroatoms. The maximum Gasteiger partial charge on any atom is 0.305 e. The molecule has 1 atom stereocenters. The number of nitrogens with zero attached hydrogens (tertiary/aromatic N) is 1. The molecule has 2 N–H and O–H groups in total. The van der Waals surface area contributed by atoms with Gasteiger partial charge in [0.25, 0.3) is 5.91 Å². The fourth-order valence-corrected chi connectivity index (χ4v) is 1.97. The largest absolute Gasteiger partial charge is 0.481 e. The van der Waals surface area contributed by atoms with Crippen molar-refractivity contribution >= 4 is 23.5 Å². The number of carbonyl (C=O) groups is 2. The molecule has 0 saturated heterocycles. The smallest absolute Gasteiger partial charge is 0.305 e. The van der Waals surface area contributed by atoms with Gasteiger partial charge in [-0.05, 0) is 24.6 Å². The molecule has 0 radical (unpaired) electrons. The Morgan fingerprint density at radius 3 is 2.73 bits per heavy atom. The fraction of sp³-hybridized carbons (Fsp3) is 0.214. The standard InChI is InChI=1S/C14H12ClFN2O4/c1-7-4-12(22-18-7)14(21)17-11(6-13(19)20)8-2-3-9(15)10(16)5-8/h2-5,11H,6H2,1H3,(H,17,21)(H,19,20)/t11-/m0/s1. The van der Waals surface area contributed by atoms with Crippen molar-refractivity contribution in [1.29, 1.82) is 0 Å². The van der Waals surface area contributed by atoms with Crippen molar-refractivity contribution in [3.63, 3.8) is 0 Å². The monoisotopic (exact) mass is 326 g/mol. The van der Waals surface area contributed by atoms with E-state index in [0.29, 0.717) is 5.69 Å². The van der Waals surface area contributed by atoms with E-state index < -0.39 is 30.2 Å². The predicted molar refractivity (Wildman–Crippen MR) is 75.1 cm³/mol. The predicted octanol–water partition coefficient (Wildman–Crippen LogP) is 2.72. The molecular formula is C14H12ClFN2O4. The number of aliphatic carboxylic acids is 1. The molecule has 1 heterocycles. The van der Waals surface area contributed by atoms with E-state index >= 15 is 0 Å². The Morgan fingerprint density at radius 1 is 1.45 bits per heavy atom. The van der Waals surface area contributed by atoms with E-state index in [1.165, 1.54) is 18.2 Å². The molecule has 1 aromatic heterocycles. The van der Waals surface area contributed by atoms with Gasteiger partial charge in [0.05, 0.1) is 23.2 Å². The van der Waals surface area contributed by atoms with E-state index in [4.69, 9.17) is 21.2 Å². The van der Waals surface area contributed by atoms with Crippen LogP contribution in [-0.4, -0.2) is 22.1 Å². The minimum Gasteiger partial charge on any atom is -0.481 e. The lowest BCUT2D eigenvalue weighted by Crippen LogP contribution is -2.30. The highest BCUT2D eigenvalue weighted by atomic mass is 35.5. The molecule has 2 aromatic rings. The topological polar surface area (TPSA) is 92.4 Å². The third kappa shape index (κ3) is 3.82. The Balaban J connectivity index is 2.24. The van der Waals surface area contributed by atoms with Gasteiger partial charge in [0.15, 0.2) is 0 Å². The lowest BCUT2D eigenvalue weighted by Gasteiger charge is -2.16. The van der Waals surface area contributed by atoms with Crippen LogP contribution in [0.1, 0.15) is 34.3 Å². The number of aromatic nitrogens is 1. The Morgan fingerprint density at radius 2 is 2.18 bits per heavy atom. The number of hydrogen-bond acceptors (Lipinski definition) is 4. The lowest BCUT2D eigenvalue weighted by molar-refractivity contribution is -0.137. The molecule has 1 amide bonds. The van der Waals surface area contributed by atoms with Crippen molar-refractivity contribution in [2.24, 2.45) is 0 Å². The number of nitrogens with one attached hydrogen (secondary N) is 1. The number of aryl methyl sites for hydroxylation is 1. The van der Waals surface area contributed by atoms with E-state index in [1.807, 2.05) is 0 Å². The summed E-state index contributed by atoms with van der Waals surface area (Å²) in [6, 6.07) is 4.32. The van der Waals surface area contributed by atoms with Gasteiger partial charge in [-0.15, -0.1) is 0 Å². The number of benzene rings is 1. The van der Waals surface area contributed by atoms with Crippen LogP contribution >= 0.6 is 11.6 Å². The van der Waals surface area contributed by atoms with Gasteiger partial charge in [-0.2, -0.15) is 0 Å². The molecule has 6 nitrogen and oxygen atoms in total. The molecule has 22 heavy (non-hydrogen) atoms. The Hall–Kier alpha value is -2.41. The summed E-state index contributed by atoms with van der Waals surface area (Å²) in [4.78, 5) is 23.0. The third-order valence-corrected chi connectivity index (χ3v) is 3.19. The van der Waals surface area contributed by atoms with Crippen LogP contribution in [0.5, 0.6) is 0 Å². The lowest BCUT2D eigenvalue weighted by atomic mass is 10.0. The first-order valence-electron chi connectivity index (χ1n) is 6.27. The van der Waals surface area contributed by atoms with Crippen LogP contribution in [0.4, 0.5) is 4.39 Å². The number of carboxylic acids is 1. The zero-order valence-electron chi connectivity index (χ0n) is 11.5. The normalized spacial score (nSPS) is 12.0. The van der Waals surface area contributed by atoms with Crippen LogP contribution < -0.4 is 5.32 Å². The molecule has 0 aliphatic carbocycles. The highest BCUT2D eigenvalue weighted by Gasteiger charge is 2.22. The van der Waals surface area contributed by atoms with E-state index in [1.54, 1.807) is 6.92 Å². The summed E-state index contributed by atoms with van der Waals surface area (Å²) in [7, 11) is 0. The van der Waals surface area contributed by atoms with Gasteiger partial charge in [-0.1, -0.05) is 22.8 Å². The Kier molecular flexibility index (Phi) is 4.77. The second kappa shape index (κ2) is 6.57. The molecule has 0 aliphatic rings. The van der Waals surface area contributed by atoms with E-state index in [0.717, 1.165) is 6.07 Å². The number of rotatable bonds is 5. The molecule has 2 rings (SSSR count). The van der Waals surface area contributed by atoms with Crippen molar-refractivity contribution in [2.75, 3.05) is 0 Å². The Labute approximate surface area is 129 Å². The van der Waals surface area contributed by atoms with Crippen LogP contribution in [0.25, 0.3) is 0 Å². The number of hydrogen-bond donors (Lipinski definition) is 2. The summed E-state index contributed by atoms with van der Waals surface area (Å²) in [5, 5.41) is 14.9. The molecule has 0 spiro atoms. The number of halogens is 2. The van der Waals surface area contributed by atoms with Gasteiger partial charge in [0.1, 0.15) is 5.82 Å². The van der Waals surface area contributed by atoms with E-state index in [-0.39, 0.29) is 16.3 Å². The SMILES string of the molecule is Cc1cc(C(=O)N[C@@H](CC(=O)O)c2ccc(Cl)c(F)c2)on1. The minimum absolute atomic E-state index is 0.0534. The summed E-state index contributed by atoms with van der Waals surface area (Å²) >= 11 is 5.59. The Bertz CT molecular complexity index is 717. The van der Waals surface area contributed by atoms with Gasteiger partial charge in [-0.25, -0.2) is 4.39 Å². The van der Waals surface area contributed by atoms with Crippen LogP contribution in [0.2, 0.25) is 5.02 Å². The van der Waals surface area contributed by atoms with Gasteiger partial charge < -0.3 is 14.9 Å². The molecule has 0 fully saturated rings. The van der Waals surface area contributed by atoms with Crippen molar-refractivity contribution in [3.8, 4) is 0 Å². The van der Waals surface area contributed by atoms with E-state index in [2.05, 4.69) is 10.5 Å². The molecular weight excluding hydrogens is 315 g/mol. The van der Waals surface area contributed by atoms with E-state index in [9.17, 15) is 14.0 Å². The van der Waals surface area contributed by atoms with Crippen molar-refractivity contribution < 1.29 is 23.6 Å². The van der Waals surface area contributed by atoms with Crippen LogP contribution in [0.15, 0.2) is 28.8 Å². The van der Waals surface area contributed by atoms with Gasteiger partial charge >= 0.3 is 5.97 Å². The summed E-state index contributed by atoms with van der Waals surface area (Å²) < 4.78 is 18.3. The fourth-order valence-electron chi connectivity index (χ4n) is 1.86. The summed E-state index contributed by atoms with van der Waals surface area (Å²) in [6.07, 6.45) is -0.417. The quantitative estimate of drug-likeness (QED) is 0.881. The summed E-state index contributed by atoms with van der Waals surface area (Å²) in [5.41, 5.74) is 0.798. The van der Waals surface area contributed by atoms with Gasteiger partial charge in [0, 0.05) is 6.07 Å². The number of carboxylic acid groups (broad SMARTS) is 1. The van der Waals surface area contributed by atoms with Crippen LogP contribution in [0.3, 0.4) is 0 Å².